The van der Waals surface area contributed by atoms with Crippen LogP contribution in [0.4, 0.5) is 0 Å². The first-order valence-corrected chi connectivity index (χ1v) is 6.47. The standard InChI is InChI=1S/C11H17N3OS/c1-8-5-13-10(16-8)7-14-11(15)9-3-2-4-12-6-9/h5,9,12H,2-4,6-7H2,1H3,(H,14,15)/t9-/m0/s1. The number of piperidine rings is 1. The van der Waals surface area contributed by atoms with Crippen LogP contribution < -0.4 is 10.6 Å². The van der Waals surface area contributed by atoms with E-state index in [-0.39, 0.29) is 11.8 Å². The van der Waals surface area contributed by atoms with Crippen LogP contribution in [0.3, 0.4) is 0 Å². The Kier molecular flexibility index (Phi) is 3.90. The maximum Gasteiger partial charge on any atom is 0.224 e. The zero-order chi connectivity index (χ0) is 11.4. The van der Waals surface area contributed by atoms with Crippen molar-refractivity contribution < 1.29 is 4.79 Å². The normalized spacial score (nSPS) is 20.7. The molecule has 0 saturated carbocycles. The van der Waals surface area contributed by atoms with Gasteiger partial charge in [0.05, 0.1) is 12.5 Å². The largest absolute Gasteiger partial charge is 0.349 e. The van der Waals surface area contributed by atoms with Gasteiger partial charge in [-0.3, -0.25) is 4.79 Å². The van der Waals surface area contributed by atoms with E-state index < -0.39 is 0 Å². The Hall–Kier alpha value is -0.940. The van der Waals surface area contributed by atoms with E-state index in [1.165, 1.54) is 4.88 Å². The molecule has 2 N–H and O–H groups in total. The molecule has 4 nitrogen and oxygen atoms in total. The quantitative estimate of drug-likeness (QED) is 0.829. The molecule has 1 fully saturated rings. The second-order valence-electron chi connectivity index (χ2n) is 4.13. The van der Waals surface area contributed by atoms with Crippen LogP contribution >= 0.6 is 11.3 Å². The summed E-state index contributed by atoms with van der Waals surface area (Å²) in [6.07, 6.45) is 3.93. The highest BCUT2D eigenvalue weighted by Crippen LogP contribution is 2.12. The second-order valence-corrected chi connectivity index (χ2v) is 5.45. The lowest BCUT2D eigenvalue weighted by Crippen LogP contribution is -2.40. The first kappa shape index (κ1) is 11.5. The molecule has 2 rings (SSSR count). The molecule has 1 aliphatic rings. The molecule has 1 aromatic rings. The number of aromatic nitrogens is 1. The molecule has 0 aliphatic carbocycles. The first-order chi connectivity index (χ1) is 7.75. The fourth-order valence-electron chi connectivity index (χ4n) is 1.87. The highest BCUT2D eigenvalue weighted by molar-refractivity contribution is 7.11. The number of rotatable bonds is 3. The minimum Gasteiger partial charge on any atom is -0.349 e. The van der Waals surface area contributed by atoms with E-state index in [9.17, 15) is 4.79 Å². The average Bonchev–Trinajstić information content (AvgIpc) is 2.73. The lowest BCUT2D eigenvalue weighted by molar-refractivity contribution is -0.125. The number of nitrogens with one attached hydrogen (secondary N) is 2. The maximum absolute atomic E-state index is 11.8. The molecule has 88 valence electrons. The van der Waals surface area contributed by atoms with E-state index in [1.807, 2.05) is 13.1 Å². The van der Waals surface area contributed by atoms with Gasteiger partial charge in [0.1, 0.15) is 5.01 Å². The maximum atomic E-state index is 11.8. The summed E-state index contributed by atoms with van der Waals surface area (Å²) in [6.45, 7) is 4.43. The van der Waals surface area contributed by atoms with Crippen LogP contribution in [0.15, 0.2) is 6.20 Å². The Balaban J connectivity index is 1.78. The summed E-state index contributed by atoms with van der Waals surface area (Å²) in [7, 11) is 0. The molecule has 16 heavy (non-hydrogen) atoms. The van der Waals surface area contributed by atoms with Crippen molar-refractivity contribution in [3.8, 4) is 0 Å². The van der Waals surface area contributed by atoms with Crippen LogP contribution in [0.1, 0.15) is 22.7 Å². The molecule has 1 atom stereocenters. The van der Waals surface area contributed by atoms with Crippen LogP contribution in [0.5, 0.6) is 0 Å². The molecule has 1 amide bonds. The van der Waals surface area contributed by atoms with E-state index >= 15 is 0 Å². The van der Waals surface area contributed by atoms with Gasteiger partial charge in [0, 0.05) is 17.6 Å². The van der Waals surface area contributed by atoms with Crippen molar-refractivity contribution in [1.82, 2.24) is 15.6 Å². The monoisotopic (exact) mass is 239 g/mol. The number of carbonyl (C=O) groups excluding carboxylic acids is 1. The van der Waals surface area contributed by atoms with Gasteiger partial charge < -0.3 is 10.6 Å². The number of hydrogen-bond acceptors (Lipinski definition) is 4. The van der Waals surface area contributed by atoms with Crippen LogP contribution in [-0.2, 0) is 11.3 Å². The number of hydrogen-bond donors (Lipinski definition) is 2. The zero-order valence-electron chi connectivity index (χ0n) is 9.45. The number of amides is 1. The van der Waals surface area contributed by atoms with Gasteiger partial charge in [-0.05, 0) is 26.3 Å². The predicted molar refractivity (Wildman–Crippen MR) is 64.3 cm³/mol. The molecular formula is C11H17N3OS. The fraction of sp³-hybridized carbons (Fsp3) is 0.636. The van der Waals surface area contributed by atoms with Gasteiger partial charge in [-0.1, -0.05) is 0 Å². The van der Waals surface area contributed by atoms with Gasteiger partial charge in [0.2, 0.25) is 5.91 Å². The Morgan fingerprint density at radius 1 is 1.75 bits per heavy atom. The molecule has 2 heterocycles. The highest BCUT2D eigenvalue weighted by Gasteiger charge is 2.20. The molecule has 1 aromatic heterocycles. The van der Waals surface area contributed by atoms with Gasteiger partial charge >= 0.3 is 0 Å². The van der Waals surface area contributed by atoms with Crippen LogP contribution in [0.2, 0.25) is 0 Å². The molecule has 1 saturated heterocycles. The van der Waals surface area contributed by atoms with Gasteiger partial charge in [0.15, 0.2) is 0 Å². The number of thiazole rings is 1. The summed E-state index contributed by atoms with van der Waals surface area (Å²) in [4.78, 5) is 17.2. The van der Waals surface area contributed by atoms with Crippen molar-refractivity contribution in [2.75, 3.05) is 13.1 Å². The summed E-state index contributed by atoms with van der Waals surface area (Å²) in [5.74, 6) is 0.287. The van der Waals surface area contributed by atoms with Gasteiger partial charge in [0.25, 0.3) is 0 Å². The van der Waals surface area contributed by atoms with E-state index in [2.05, 4.69) is 15.6 Å². The molecule has 0 spiro atoms. The smallest absolute Gasteiger partial charge is 0.224 e. The van der Waals surface area contributed by atoms with Crippen molar-refractivity contribution >= 4 is 17.2 Å². The van der Waals surface area contributed by atoms with Crippen molar-refractivity contribution in [1.29, 1.82) is 0 Å². The minimum atomic E-state index is 0.134. The summed E-state index contributed by atoms with van der Waals surface area (Å²) in [5.41, 5.74) is 0. The molecule has 5 heteroatoms. The summed E-state index contributed by atoms with van der Waals surface area (Å²) in [6, 6.07) is 0. The molecule has 0 unspecified atom stereocenters. The molecular weight excluding hydrogens is 222 g/mol. The zero-order valence-corrected chi connectivity index (χ0v) is 10.3. The van der Waals surface area contributed by atoms with Crippen LogP contribution in [-0.4, -0.2) is 24.0 Å². The van der Waals surface area contributed by atoms with Gasteiger partial charge in [-0.2, -0.15) is 0 Å². The van der Waals surface area contributed by atoms with E-state index in [4.69, 9.17) is 0 Å². The van der Waals surface area contributed by atoms with Crippen molar-refractivity contribution in [3.63, 3.8) is 0 Å². The summed E-state index contributed by atoms with van der Waals surface area (Å²) in [5, 5.41) is 7.18. The summed E-state index contributed by atoms with van der Waals surface area (Å²) < 4.78 is 0. The number of nitrogens with zero attached hydrogens (tertiary/aromatic N) is 1. The number of carbonyl (C=O) groups is 1. The Bertz CT molecular complexity index is 358. The molecule has 0 radical (unpaired) electrons. The van der Waals surface area contributed by atoms with Crippen molar-refractivity contribution in [3.05, 3.63) is 16.1 Å². The minimum absolute atomic E-state index is 0.134. The fourth-order valence-corrected chi connectivity index (χ4v) is 2.59. The SMILES string of the molecule is Cc1cnc(CNC(=O)[C@H]2CCCNC2)s1. The lowest BCUT2D eigenvalue weighted by Gasteiger charge is -2.21. The van der Waals surface area contributed by atoms with E-state index in [1.54, 1.807) is 11.3 Å². The van der Waals surface area contributed by atoms with Crippen LogP contribution in [0, 0.1) is 12.8 Å². The van der Waals surface area contributed by atoms with E-state index in [0.29, 0.717) is 6.54 Å². The van der Waals surface area contributed by atoms with Gasteiger partial charge in [-0.15, -0.1) is 11.3 Å². The second kappa shape index (κ2) is 5.41. The van der Waals surface area contributed by atoms with Crippen molar-refractivity contribution in [2.24, 2.45) is 5.92 Å². The molecule has 0 bridgehead atoms. The lowest BCUT2D eigenvalue weighted by atomic mass is 9.99. The van der Waals surface area contributed by atoms with E-state index in [0.717, 1.165) is 30.9 Å². The Morgan fingerprint density at radius 3 is 3.25 bits per heavy atom. The van der Waals surface area contributed by atoms with Gasteiger partial charge in [-0.25, -0.2) is 4.98 Å². The molecule has 0 aromatic carbocycles. The third-order valence-corrected chi connectivity index (χ3v) is 3.66. The summed E-state index contributed by atoms with van der Waals surface area (Å²) >= 11 is 1.63. The third kappa shape index (κ3) is 3.02. The average molecular weight is 239 g/mol. The number of aryl methyl sites for hydroxylation is 1. The topological polar surface area (TPSA) is 54.0 Å². The third-order valence-electron chi connectivity index (χ3n) is 2.75. The Morgan fingerprint density at radius 2 is 2.62 bits per heavy atom. The first-order valence-electron chi connectivity index (χ1n) is 5.65. The Labute approximate surface area is 99.5 Å². The van der Waals surface area contributed by atoms with Crippen molar-refractivity contribution in [2.45, 2.75) is 26.3 Å². The highest BCUT2D eigenvalue weighted by atomic mass is 32.1. The predicted octanol–water partition coefficient (Wildman–Crippen LogP) is 1.07. The molecule has 1 aliphatic heterocycles. The van der Waals surface area contributed by atoms with Crippen LogP contribution in [0.25, 0.3) is 0 Å².